The molecule has 0 saturated heterocycles. The Morgan fingerprint density at radius 3 is 2.37 bits per heavy atom. The van der Waals surface area contributed by atoms with E-state index >= 15 is 0 Å². The van der Waals surface area contributed by atoms with Crippen LogP contribution in [0.3, 0.4) is 0 Å². The van der Waals surface area contributed by atoms with E-state index in [1.807, 2.05) is 29.9 Å². The predicted molar refractivity (Wildman–Crippen MR) is 116 cm³/mol. The molecule has 1 amide bonds. The molecule has 0 bridgehead atoms. The monoisotopic (exact) mass is 433 g/mol. The first-order valence-electron chi connectivity index (χ1n) is 10.3. The fourth-order valence-corrected chi connectivity index (χ4v) is 5.08. The summed E-state index contributed by atoms with van der Waals surface area (Å²) < 4.78 is 35.0. The minimum atomic E-state index is -3.76. The number of carbonyl (C=O) groups is 1. The maximum absolute atomic E-state index is 13.3. The number of hydrogen-bond acceptors (Lipinski definition) is 4. The van der Waals surface area contributed by atoms with Crippen LogP contribution in [0.5, 0.6) is 5.75 Å². The first-order chi connectivity index (χ1) is 14.2. The Labute approximate surface area is 179 Å². The molecule has 1 aliphatic carbocycles. The molecule has 0 N–H and O–H groups in total. The Morgan fingerprint density at radius 2 is 1.87 bits per heavy atom. The van der Waals surface area contributed by atoms with Gasteiger partial charge in [-0.05, 0) is 55.2 Å². The lowest BCUT2D eigenvalue weighted by molar-refractivity contribution is -0.132. The lowest BCUT2D eigenvalue weighted by atomic mass is 10.2. The van der Waals surface area contributed by atoms with Gasteiger partial charge in [-0.15, -0.1) is 0 Å². The second kappa shape index (κ2) is 9.22. The van der Waals surface area contributed by atoms with Crippen LogP contribution in [0.1, 0.15) is 32.4 Å². The molecule has 1 aromatic carbocycles. The lowest BCUT2D eigenvalue weighted by Gasteiger charge is -2.28. The van der Waals surface area contributed by atoms with Gasteiger partial charge in [0.15, 0.2) is 0 Å². The molecule has 1 saturated carbocycles. The van der Waals surface area contributed by atoms with Gasteiger partial charge in [-0.3, -0.25) is 4.79 Å². The Kier molecular flexibility index (Phi) is 6.88. The van der Waals surface area contributed by atoms with Gasteiger partial charge < -0.3 is 14.2 Å². The Bertz CT molecular complexity index is 963. The van der Waals surface area contributed by atoms with Gasteiger partial charge >= 0.3 is 0 Å². The first-order valence-corrected chi connectivity index (χ1v) is 11.7. The van der Waals surface area contributed by atoms with Gasteiger partial charge in [0.1, 0.15) is 5.75 Å². The lowest BCUT2D eigenvalue weighted by Crippen LogP contribution is -2.44. The second-order valence-electron chi connectivity index (χ2n) is 8.24. The van der Waals surface area contributed by atoms with E-state index in [0.717, 1.165) is 18.5 Å². The van der Waals surface area contributed by atoms with Gasteiger partial charge in [0.2, 0.25) is 15.9 Å². The number of hydrogen-bond donors (Lipinski definition) is 0. The van der Waals surface area contributed by atoms with Crippen molar-refractivity contribution in [1.29, 1.82) is 0 Å². The molecule has 0 aliphatic heterocycles. The average Bonchev–Trinajstić information content (AvgIpc) is 3.47. The van der Waals surface area contributed by atoms with Gasteiger partial charge in [0.05, 0.1) is 25.1 Å². The summed E-state index contributed by atoms with van der Waals surface area (Å²) in [5.74, 6) is 0.698. The highest BCUT2D eigenvalue weighted by atomic mass is 32.2. The molecule has 7 nitrogen and oxygen atoms in total. The average molecular weight is 434 g/mol. The number of carbonyl (C=O) groups excluding carboxylic acids is 1. The summed E-state index contributed by atoms with van der Waals surface area (Å²) in [5, 5.41) is 0. The van der Waals surface area contributed by atoms with Crippen molar-refractivity contribution >= 4 is 15.9 Å². The number of rotatable bonds is 10. The van der Waals surface area contributed by atoms with E-state index in [4.69, 9.17) is 4.74 Å². The standard InChI is InChI=1S/C22H31N3O4S/c1-17(2)14-24(15-19-6-5-13-23(19)3)22(26)16-25(18-7-8-18)30(27,28)21-11-9-20(29-4)10-12-21/h5-6,9-13,17-18H,7-8,14-16H2,1-4H3. The van der Waals surface area contributed by atoms with Gasteiger partial charge in [-0.2, -0.15) is 4.31 Å². The molecule has 2 aromatic rings. The summed E-state index contributed by atoms with van der Waals surface area (Å²) in [6.07, 6.45) is 3.51. The van der Waals surface area contributed by atoms with Crippen LogP contribution < -0.4 is 4.74 Å². The van der Waals surface area contributed by atoms with E-state index in [9.17, 15) is 13.2 Å². The number of aromatic nitrogens is 1. The highest BCUT2D eigenvalue weighted by Gasteiger charge is 2.40. The number of methoxy groups -OCH3 is 1. The molecule has 0 atom stereocenters. The quantitative estimate of drug-likeness (QED) is 0.578. The Balaban J connectivity index is 1.81. The fourth-order valence-electron chi connectivity index (χ4n) is 3.44. The molecule has 0 unspecified atom stereocenters. The molecule has 8 heteroatoms. The van der Waals surface area contributed by atoms with Crippen molar-refractivity contribution in [1.82, 2.24) is 13.8 Å². The molecule has 0 spiro atoms. The molecular formula is C22H31N3O4S. The highest BCUT2D eigenvalue weighted by molar-refractivity contribution is 7.89. The van der Waals surface area contributed by atoms with Crippen LogP contribution in [0, 0.1) is 5.92 Å². The Hall–Kier alpha value is -2.32. The summed E-state index contributed by atoms with van der Waals surface area (Å²) in [6.45, 7) is 5.00. The topological polar surface area (TPSA) is 71.8 Å². The van der Waals surface area contributed by atoms with E-state index < -0.39 is 10.0 Å². The zero-order chi connectivity index (χ0) is 21.9. The largest absolute Gasteiger partial charge is 0.497 e. The van der Waals surface area contributed by atoms with Crippen molar-refractivity contribution in [3.8, 4) is 5.75 Å². The maximum atomic E-state index is 13.3. The molecule has 3 rings (SSSR count). The van der Waals surface area contributed by atoms with Crippen LogP contribution in [0.15, 0.2) is 47.5 Å². The summed E-state index contributed by atoms with van der Waals surface area (Å²) >= 11 is 0. The number of ether oxygens (including phenoxy) is 1. The van der Waals surface area contributed by atoms with E-state index in [2.05, 4.69) is 13.8 Å². The maximum Gasteiger partial charge on any atom is 0.243 e. The molecule has 1 aliphatic rings. The minimum absolute atomic E-state index is 0.114. The van der Waals surface area contributed by atoms with Crippen molar-refractivity contribution in [3.05, 3.63) is 48.3 Å². The molecule has 30 heavy (non-hydrogen) atoms. The summed E-state index contributed by atoms with van der Waals surface area (Å²) in [4.78, 5) is 15.2. The van der Waals surface area contributed by atoms with Crippen LogP contribution in [0.2, 0.25) is 0 Å². The molecular weight excluding hydrogens is 402 g/mol. The third-order valence-electron chi connectivity index (χ3n) is 5.25. The summed E-state index contributed by atoms with van der Waals surface area (Å²) in [7, 11) is -0.286. The van der Waals surface area contributed by atoms with E-state index in [1.165, 1.54) is 23.5 Å². The minimum Gasteiger partial charge on any atom is -0.497 e. The van der Waals surface area contributed by atoms with Gasteiger partial charge in [-0.25, -0.2) is 8.42 Å². The van der Waals surface area contributed by atoms with Crippen molar-refractivity contribution in [3.63, 3.8) is 0 Å². The van der Waals surface area contributed by atoms with E-state index in [0.29, 0.717) is 18.8 Å². The van der Waals surface area contributed by atoms with Crippen molar-refractivity contribution in [2.45, 2.75) is 44.2 Å². The molecule has 164 valence electrons. The molecule has 1 heterocycles. The normalized spacial score (nSPS) is 14.3. The van der Waals surface area contributed by atoms with Crippen LogP contribution in [-0.2, 0) is 28.4 Å². The number of nitrogens with zero attached hydrogens (tertiary/aromatic N) is 3. The number of amides is 1. The second-order valence-corrected chi connectivity index (χ2v) is 10.1. The summed E-state index contributed by atoms with van der Waals surface area (Å²) in [6, 6.07) is 10.1. The third kappa shape index (κ3) is 5.23. The van der Waals surface area contributed by atoms with Gasteiger partial charge in [0.25, 0.3) is 0 Å². The summed E-state index contributed by atoms with van der Waals surface area (Å²) in [5.41, 5.74) is 1.01. The predicted octanol–water partition coefficient (Wildman–Crippen LogP) is 2.87. The number of sulfonamides is 1. The third-order valence-corrected chi connectivity index (χ3v) is 7.17. The van der Waals surface area contributed by atoms with E-state index in [1.54, 1.807) is 17.0 Å². The zero-order valence-corrected chi connectivity index (χ0v) is 18.9. The molecule has 1 fully saturated rings. The van der Waals surface area contributed by atoms with Crippen molar-refractivity contribution in [2.24, 2.45) is 13.0 Å². The van der Waals surface area contributed by atoms with E-state index in [-0.39, 0.29) is 29.3 Å². The fraction of sp³-hybridized carbons (Fsp3) is 0.500. The van der Waals surface area contributed by atoms with Crippen LogP contribution >= 0.6 is 0 Å². The smallest absolute Gasteiger partial charge is 0.243 e. The molecule has 1 aromatic heterocycles. The highest BCUT2D eigenvalue weighted by Crippen LogP contribution is 2.32. The van der Waals surface area contributed by atoms with Crippen molar-refractivity contribution in [2.75, 3.05) is 20.2 Å². The first kappa shape index (κ1) is 22.4. The molecule has 0 radical (unpaired) electrons. The van der Waals surface area contributed by atoms with Crippen LogP contribution in [0.25, 0.3) is 0 Å². The zero-order valence-electron chi connectivity index (χ0n) is 18.1. The SMILES string of the molecule is COc1ccc(S(=O)(=O)N(CC(=O)N(Cc2cccn2C)CC(C)C)C2CC2)cc1. The Morgan fingerprint density at radius 1 is 1.20 bits per heavy atom. The number of benzene rings is 1. The van der Waals surface area contributed by atoms with Crippen LogP contribution in [-0.4, -0.2) is 54.3 Å². The number of aryl methyl sites for hydroxylation is 1. The van der Waals surface area contributed by atoms with Gasteiger partial charge in [-0.1, -0.05) is 13.8 Å². The van der Waals surface area contributed by atoms with Crippen molar-refractivity contribution < 1.29 is 17.9 Å². The van der Waals surface area contributed by atoms with Gasteiger partial charge in [0, 0.05) is 31.5 Å². The van der Waals surface area contributed by atoms with Crippen LogP contribution in [0.4, 0.5) is 0 Å².